The number of hydrogen-bond acceptors (Lipinski definition) is 1. The largest absolute Gasteiger partial charge is 0.192 e. The minimum absolute atomic E-state index is 0.00556. The van der Waals surface area contributed by atoms with Crippen LogP contribution in [0.1, 0.15) is 9.68 Å². The lowest BCUT2D eigenvalue weighted by molar-refractivity contribution is 1.48. The Morgan fingerprint density at radius 3 is 3.00 bits per heavy atom. The Bertz CT molecular complexity index is 384. The molecule has 0 N–H and O–H groups in total. The average Bonchev–Trinajstić information content (AvgIpc) is 2.13. The van der Waals surface area contributed by atoms with Gasteiger partial charge >= 0.3 is 0 Å². The molecule has 3 heteroatoms. The molecule has 10 heavy (non-hydrogen) atoms. The highest BCUT2D eigenvalue weighted by molar-refractivity contribution is 9.10. The van der Waals surface area contributed by atoms with Gasteiger partial charge in [-0.15, -0.1) is 0 Å². The van der Waals surface area contributed by atoms with Crippen LogP contribution in [0.4, 0.5) is 0 Å². The molecule has 1 nitrogen and oxygen atoms in total. The Hall–Kier alpha value is -0.520. The first-order valence-electron chi connectivity index (χ1n) is 3.85. The van der Waals surface area contributed by atoms with Crippen molar-refractivity contribution in [2.75, 3.05) is 0 Å². The van der Waals surface area contributed by atoms with Crippen molar-refractivity contribution in [1.82, 2.24) is 0 Å². The highest BCUT2D eigenvalue weighted by Crippen LogP contribution is 2.22. The summed E-state index contributed by atoms with van der Waals surface area (Å²) in [5, 5.41) is 8.60. The van der Waals surface area contributed by atoms with Crippen LogP contribution in [-0.4, -0.2) is 0 Å². The third-order valence-electron chi connectivity index (χ3n) is 0.836. The molecule has 0 heterocycles. The van der Waals surface area contributed by atoms with E-state index in [0.717, 1.165) is 0 Å². The van der Waals surface area contributed by atoms with Gasteiger partial charge in [-0.2, -0.15) is 5.26 Å². The maximum absolute atomic E-state index is 8.60. The third-order valence-corrected chi connectivity index (χ3v) is 1.94. The van der Waals surface area contributed by atoms with Crippen LogP contribution in [0.5, 0.6) is 0 Å². The van der Waals surface area contributed by atoms with E-state index >= 15 is 0 Å². The first-order chi connectivity index (χ1) is 6.00. The molecule has 0 amide bonds. The van der Waals surface area contributed by atoms with Crippen molar-refractivity contribution in [2.24, 2.45) is 0 Å². The molecule has 0 radical (unpaired) electrons. The minimum atomic E-state index is -0.305. The van der Waals surface area contributed by atoms with Crippen molar-refractivity contribution in [1.29, 1.82) is 5.26 Å². The maximum Gasteiger partial charge on any atom is 0.0992 e. The van der Waals surface area contributed by atoms with Crippen LogP contribution in [0.25, 0.3) is 0 Å². The molecule has 1 rings (SSSR count). The Kier molecular flexibility index (Phi) is 1.33. The predicted octanol–water partition coefficient (Wildman–Crippen LogP) is 2.97. The second kappa shape index (κ2) is 3.05. The van der Waals surface area contributed by atoms with Gasteiger partial charge in [0.1, 0.15) is 0 Å². The number of nitrogens with zero attached hydrogens (tertiary/aromatic N) is 1. The Morgan fingerprint density at radius 2 is 2.40 bits per heavy atom. The molecule has 0 saturated carbocycles. The van der Waals surface area contributed by atoms with Crippen LogP contribution in [0, 0.1) is 11.3 Å². The fourth-order valence-corrected chi connectivity index (χ4v) is 0.816. The Morgan fingerprint density at radius 1 is 1.70 bits per heavy atom. The predicted molar refractivity (Wildman–Crippen MR) is 43.9 cm³/mol. The number of halogens is 2. The standard InChI is InChI=1S/C7H3BrClN/c8-6-3-5(4-10)1-2-7(6)9/h1-3H/i1D,2D,3D. The van der Waals surface area contributed by atoms with Gasteiger partial charge in [-0.25, -0.2) is 0 Å². The van der Waals surface area contributed by atoms with Gasteiger partial charge in [0, 0.05) is 4.47 Å². The van der Waals surface area contributed by atoms with Crippen LogP contribution in [-0.2, 0) is 0 Å². The van der Waals surface area contributed by atoms with Crippen molar-refractivity contribution < 1.29 is 4.11 Å². The van der Waals surface area contributed by atoms with Crippen LogP contribution in [0.15, 0.2) is 22.6 Å². The summed E-state index contributed by atoms with van der Waals surface area (Å²) in [6, 6.07) is 1.00. The number of rotatable bonds is 0. The summed E-state index contributed by atoms with van der Waals surface area (Å²) in [4.78, 5) is 0. The first-order valence-corrected chi connectivity index (χ1v) is 3.52. The van der Waals surface area contributed by atoms with E-state index in [-0.39, 0.29) is 33.2 Å². The number of benzene rings is 1. The molecule has 1 aromatic carbocycles. The zero-order chi connectivity index (χ0) is 10.2. The van der Waals surface area contributed by atoms with E-state index in [4.69, 9.17) is 21.0 Å². The van der Waals surface area contributed by atoms with Gasteiger partial charge in [0.2, 0.25) is 0 Å². The monoisotopic (exact) mass is 218 g/mol. The molecule has 0 atom stereocenters. The zero-order valence-electron chi connectivity index (χ0n) is 7.70. The number of nitriles is 1. The summed E-state index contributed by atoms with van der Waals surface area (Å²) in [7, 11) is 0. The Balaban J connectivity index is 3.69. The molecular weight excluding hydrogens is 213 g/mol. The molecule has 0 aliphatic rings. The van der Waals surface area contributed by atoms with Crippen LogP contribution >= 0.6 is 27.5 Å². The molecule has 0 aliphatic carbocycles. The quantitative estimate of drug-likeness (QED) is 0.658. The van der Waals surface area contributed by atoms with Crippen LogP contribution in [0.3, 0.4) is 0 Å². The second-order valence-electron chi connectivity index (χ2n) is 1.49. The second-order valence-corrected chi connectivity index (χ2v) is 2.66. The van der Waals surface area contributed by atoms with E-state index in [0.29, 0.717) is 0 Å². The summed E-state index contributed by atoms with van der Waals surface area (Å²) in [6.45, 7) is 0. The van der Waals surface area contributed by atoms with Gasteiger partial charge in [0.05, 0.1) is 20.8 Å². The van der Waals surface area contributed by atoms with E-state index < -0.39 is 0 Å². The van der Waals surface area contributed by atoms with Crippen molar-refractivity contribution in [3.63, 3.8) is 0 Å². The van der Waals surface area contributed by atoms with E-state index in [1.807, 2.05) is 0 Å². The molecule has 0 bridgehead atoms. The molecule has 0 unspecified atom stereocenters. The van der Waals surface area contributed by atoms with Crippen LogP contribution < -0.4 is 0 Å². The molecule has 1 aromatic rings. The molecular formula is C7H3BrClN. The lowest BCUT2D eigenvalue weighted by Crippen LogP contribution is -1.73. The highest BCUT2D eigenvalue weighted by atomic mass is 79.9. The summed E-state index contributed by atoms with van der Waals surface area (Å²) in [5.41, 5.74) is -0.138. The van der Waals surface area contributed by atoms with E-state index in [2.05, 4.69) is 15.9 Å². The summed E-state index contributed by atoms with van der Waals surface area (Å²) in [6.07, 6.45) is 0. The minimum Gasteiger partial charge on any atom is -0.192 e. The van der Waals surface area contributed by atoms with E-state index in [9.17, 15) is 0 Å². The topological polar surface area (TPSA) is 23.8 Å². The van der Waals surface area contributed by atoms with Crippen molar-refractivity contribution in [3.05, 3.63) is 33.2 Å². The molecule has 0 aliphatic heterocycles. The lowest BCUT2D eigenvalue weighted by atomic mass is 10.2. The SMILES string of the molecule is [2H]c1c([2H])c(C#N)c([2H])c(Br)c1Cl. The third kappa shape index (κ3) is 1.50. The summed E-state index contributed by atoms with van der Waals surface area (Å²) < 4.78 is 22.3. The van der Waals surface area contributed by atoms with Crippen LogP contribution in [0.2, 0.25) is 5.02 Å². The zero-order valence-corrected chi connectivity index (χ0v) is 7.05. The first kappa shape index (κ1) is 4.38. The molecule has 50 valence electrons. The summed E-state index contributed by atoms with van der Waals surface area (Å²) in [5.74, 6) is 0. The van der Waals surface area contributed by atoms with Gasteiger partial charge in [0.15, 0.2) is 0 Å². The van der Waals surface area contributed by atoms with Gasteiger partial charge in [0.25, 0.3) is 0 Å². The fourth-order valence-electron chi connectivity index (χ4n) is 0.424. The summed E-state index contributed by atoms with van der Waals surface area (Å²) >= 11 is 8.62. The normalized spacial score (nSPS) is 13.1. The molecule has 0 saturated heterocycles. The lowest BCUT2D eigenvalue weighted by Gasteiger charge is -1.93. The van der Waals surface area contributed by atoms with Crippen molar-refractivity contribution in [2.45, 2.75) is 0 Å². The van der Waals surface area contributed by atoms with Crippen molar-refractivity contribution >= 4 is 27.5 Å². The average molecular weight is 219 g/mol. The van der Waals surface area contributed by atoms with Gasteiger partial charge in [-0.1, -0.05) is 11.6 Å². The molecule has 0 fully saturated rings. The highest BCUT2D eigenvalue weighted by Gasteiger charge is 1.96. The molecule has 0 aromatic heterocycles. The van der Waals surface area contributed by atoms with Gasteiger partial charge in [-0.05, 0) is 34.1 Å². The fraction of sp³-hybridized carbons (Fsp3) is 0. The van der Waals surface area contributed by atoms with Crippen molar-refractivity contribution in [3.8, 4) is 6.07 Å². The van der Waals surface area contributed by atoms with Gasteiger partial charge < -0.3 is 0 Å². The maximum atomic E-state index is 8.60. The van der Waals surface area contributed by atoms with E-state index in [1.165, 1.54) is 0 Å². The van der Waals surface area contributed by atoms with E-state index in [1.54, 1.807) is 6.07 Å². The smallest absolute Gasteiger partial charge is 0.0992 e. The Labute approximate surface area is 76.6 Å². The molecule has 0 spiro atoms. The number of hydrogen-bond donors (Lipinski definition) is 0. The van der Waals surface area contributed by atoms with Gasteiger partial charge in [-0.3, -0.25) is 0 Å².